The molecule has 0 heterocycles. The molecule has 7 heteroatoms. The van der Waals surface area contributed by atoms with Gasteiger partial charge in [0.05, 0.1) is 5.69 Å². The fourth-order valence-electron chi connectivity index (χ4n) is 2.02. The smallest absolute Gasteiger partial charge is 0.344 e. The Bertz CT molecular complexity index is 817. The first kappa shape index (κ1) is 19.1. The number of ether oxygens (including phenoxy) is 2. The first-order valence-corrected chi connectivity index (χ1v) is 7.80. The van der Waals surface area contributed by atoms with Crippen molar-refractivity contribution in [3.8, 4) is 5.75 Å². The number of benzene rings is 2. The van der Waals surface area contributed by atoms with Gasteiger partial charge in [0, 0.05) is 5.56 Å². The van der Waals surface area contributed by atoms with Crippen molar-refractivity contribution in [2.75, 3.05) is 18.5 Å². The van der Waals surface area contributed by atoms with Crippen molar-refractivity contribution in [3.63, 3.8) is 0 Å². The Morgan fingerprint density at radius 1 is 1.04 bits per heavy atom. The van der Waals surface area contributed by atoms with Gasteiger partial charge in [0.1, 0.15) is 11.6 Å². The minimum absolute atomic E-state index is 0.0125. The lowest BCUT2D eigenvalue weighted by atomic mass is 10.1. The van der Waals surface area contributed by atoms with Gasteiger partial charge in [-0.25, -0.2) is 9.18 Å². The zero-order chi connectivity index (χ0) is 19.1. The number of hydrogen-bond acceptors (Lipinski definition) is 5. The SMILES string of the molecule is CC(=O)c1ccc(OCC(=O)OCC(=O)Nc2ccc(C)cc2F)cc1. The molecule has 26 heavy (non-hydrogen) atoms. The summed E-state index contributed by atoms with van der Waals surface area (Å²) in [4.78, 5) is 34.5. The number of ketones is 1. The van der Waals surface area contributed by atoms with Crippen LogP contribution in [0.25, 0.3) is 0 Å². The van der Waals surface area contributed by atoms with Crippen LogP contribution in [0.1, 0.15) is 22.8 Å². The van der Waals surface area contributed by atoms with Crippen LogP contribution < -0.4 is 10.1 Å². The van der Waals surface area contributed by atoms with Gasteiger partial charge in [-0.3, -0.25) is 9.59 Å². The summed E-state index contributed by atoms with van der Waals surface area (Å²) >= 11 is 0. The topological polar surface area (TPSA) is 81.7 Å². The van der Waals surface area contributed by atoms with E-state index in [1.807, 2.05) is 0 Å². The van der Waals surface area contributed by atoms with E-state index < -0.39 is 30.9 Å². The maximum absolute atomic E-state index is 13.6. The molecule has 0 spiro atoms. The van der Waals surface area contributed by atoms with Crippen molar-refractivity contribution in [1.82, 2.24) is 0 Å². The van der Waals surface area contributed by atoms with Crippen molar-refractivity contribution in [3.05, 3.63) is 59.4 Å². The Morgan fingerprint density at radius 3 is 2.35 bits per heavy atom. The van der Waals surface area contributed by atoms with Crippen LogP contribution in [0.5, 0.6) is 5.75 Å². The highest BCUT2D eigenvalue weighted by Crippen LogP contribution is 2.15. The van der Waals surface area contributed by atoms with Gasteiger partial charge in [0.25, 0.3) is 5.91 Å². The van der Waals surface area contributed by atoms with Crippen molar-refractivity contribution in [1.29, 1.82) is 0 Å². The summed E-state index contributed by atoms with van der Waals surface area (Å²) in [6.07, 6.45) is 0. The molecule has 0 bridgehead atoms. The van der Waals surface area contributed by atoms with Crippen LogP contribution in [0.3, 0.4) is 0 Å². The molecule has 0 radical (unpaired) electrons. The van der Waals surface area contributed by atoms with Gasteiger partial charge >= 0.3 is 5.97 Å². The molecule has 0 fully saturated rings. The second-order valence-corrected chi connectivity index (χ2v) is 5.56. The number of carbonyl (C=O) groups is 3. The molecule has 0 saturated heterocycles. The van der Waals surface area contributed by atoms with Gasteiger partial charge in [-0.05, 0) is 55.8 Å². The zero-order valence-electron chi connectivity index (χ0n) is 14.4. The predicted molar refractivity (Wildman–Crippen MR) is 92.7 cm³/mol. The minimum atomic E-state index is -0.750. The van der Waals surface area contributed by atoms with E-state index in [2.05, 4.69) is 5.32 Å². The highest BCUT2D eigenvalue weighted by Gasteiger charge is 2.11. The maximum Gasteiger partial charge on any atom is 0.344 e. The lowest BCUT2D eigenvalue weighted by molar-refractivity contribution is -0.149. The summed E-state index contributed by atoms with van der Waals surface area (Å²) in [5.41, 5.74) is 1.26. The summed E-state index contributed by atoms with van der Waals surface area (Å²) in [5.74, 6) is -1.67. The number of nitrogens with one attached hydrogen (secondary N) is 1. The number of carbonyl (C=O) groups excluding carboxylic acids is 3. The molecular formula is C19H18FNO5. The van der Waals surface area contributed by atoms with Crippen molar-refractivity contribution in [2.24, 2.45) is 0 Å². The normalized spacial score (nSPS) is 10.1. The van der Waals surface area contributed by atoms with Gasteiger partial charge in [0.2, 0.25) is 0 Å². The van der Waals surface area contributed by atoms with E-state index in [0.29, 0.717) is 11.3 Å². The van der Waals surface area contributed by atoms with E-state index in [-0.39, 0.29) is 11.5 Å². The van der Waals surface area contributed by atoms with Crippen molar-refractivity contribution in [2.45, 2.75) is 13.8 Å². The van der Waals surface area contributed by atoms with Crippen LogP contribution in [0, 0.1) is 12.7 Å². The summed E-state index contributed by atoms with van der Waals surface area (Å²) in [6, 6.07) is 10.6. The maximum atomic E-state index is 13.6. The lowest BCUT2D eigenvalue weighted by Gasteiger charge is -2.09. The van der Waals surface area contributed by atoms with Crippen LogP contribution in [-0.2, 0) is 14.3 Å². The van der Waals surface area contributed by atoms with E-state index in [0.717, 1.165) is 5.56 Å². The standard InChI is InChI=1S/C19H18FNO5/c1-12-3-8-17(16(20)9-12)21-18(23)10-26-19(24)11-25-15-6-4-14(5-7-15)13(2)22/h3-9H,10-11H2,1-2H3,(H,21,23). The first-order chi connectivity index (χ1) is 12.3. The third-order valence-corrected chi connectivity index (χ3v) is 3.38. The van der Waals surface area contributed by atoms with E-state index in [1.165, 1.54) is 19.1 Å². The van der Waals surface area contributed by atoms with Gasteiger partial charge in [-0.1, -0.05) is 6.07 Å². The Balaban J connectivity index is 1.75. The summed E-state index contributed by atoms with van der Waals surface area (Å²) in [7, 11) is 0. The zero-order valence-corrected chi connectivity index (χ0v) is 14.4. The molecule has 2 rings (SSSR count). The number of esters is 1. The highest BCUT2D eigenvalue weighted by molar-refractivity contribution is 5.94. The fraction of sp³-hybridized carbons (Fsp3) is 0.211. The minimum Gasteiger partial charge on any atom is -0.482 e. The van der Waals surface area contributed by atoms with Gasteiger partial charge in [-0.15, -0.1) is 0 Å². The Morgan fingerprint density at radius 2 is 1.73 bits per heavy atom. The molecule has 0 unspecified atom stereocenters. The van der Waals surface area contributed by atoms with Crippen LogP contribution in [0.4, 0.5) is 10.1 Å². The largest absolute Gasteiger partial charge is 0.482 e. The van der Waals surface area contributed by atoms with E-state index in [4.69, 9.17) is 9.47 Å². The number of rotatable bonds is 7. The molecule has 0 atom stereocenters. The Kier molecular flexibility index (Phi) is 6.43. The number of hydrogen-bond donors (Lipinski definition) is 1. The second-order valence-electron chi connectivity index (χ2n) is 5.56. The Labute approximate surface area is 149 Å². The highest BCUT2D eigenvalue weighted by atomic mass is 19.1. The molecule has 0 aliphatic rings. The summed E-state index contributed by atoms with van der Waals surface area (Å²) in [6.45, 7) is 2.22. The second kappa shape index (κ2) is 8.75. The van der Waals surface area contributed by atoms with Crippen molar-refractivity contribution >= 4 is 23.3 Å². The average molecular weight is 359 g/mol. The number of halogens is 1. The molecule has 136 valence electrons. The molecule has 0 aromatic heterocycles. The van der Waals surface area contributed by atoms with E-state index in [1.54, 1.807) is 37.3 Å². The lowest BCUT2D eigenvalue weighted by Crippen LogP contribution is -2.24. The van der Waals surface area contributed by atoms with Crippen LogP contribution in [0.2, 0.25) is 0 Å². The van der Waals surface area contributed by atoms with Crippen LogP contribution in [-0.4, -0.2) is 30.9 Å². The number of amides is 1. The first-order valence-electron chi connectivity index (χ1n) is 7.80. The quantitative estimate of drug-likeness (QED) is 0.607. The fourth-order valence-corrected chi connectivity index (χ4v) is 2.02. The Hall–Kier alpha value is -3.22. The molecular weight excluding hydrogens is 341 g/mol. The molecule has 0 aliphatic carbocycles. The van der Waals surface area contributed by atoms with Gasteiger partial charge in [0.15, 0.2) is 19.0 Å². The number of Topliss-reactive ketones (excluding diaryl/α,β-unsaturated/α-hetero) is 1. The average Bonchev–Trinajstić information content (AvgIpc) is 2.61. The molecule has 0 saturated carbocycles. The van der Waals surface area contributed by atoms with Gasteiger partial charge in [-0.2, -0.15) is 0 Å². The van der Waals surface area contributed by atoms with Gasteiger partial charge < -0.3 is 14.8 Å². The molecule has 2 aromatic carbocycles. The molecule has 2 aromatic rings. The summed E-state index contributed by atoms with van der Waals surface area (Å²) < 4.78 is 23.6. The molecule has 1 N–H and O–H groups in total. The predicted octanol–water partition coefficient (Wildman–Crippen LogP) is 2.90. The third-order valence-electron chi connectivity index (χ3n) is 3.38. The molecule has 6 nitrogen and oxygen atoms in total. The van der Waals surface area contributed by atoms with E-state index >= 15 is 0 Å². The number of aryl methyl sites for hydroxylation is 1. The monoisotopic (exact) mass is 359 g/mol. The molecule has 0 aliphatic heterocycles. The molecule has 1 amide bonds. The summed E-state index contributed by atoms with van der Waals surface area (Å²) in [5, 5.41) is 2.32. The van der Waals surface area contributed by atoms with Crippen LogP contribution in [0.15, 0.2) is 42.5 Å². The van der Waals surface area contributed by atoms with Crippen LogP contribution >= 0.6 is 0 Å². The number of anilines is 1. The van der Waals surface area contributed by atoms with Crippen molar-refractivity contribution < 1.29 is 28.2 Å². The van der Waals surface area contributed by atoms with E-state index in [9.17, 15) is 18.8 Å². The third kappa shape index (κ3) is 5.70.